The van der Waals surface area contributed by atoms with Gasteiger partial charge in [-0.05, 0) is 37.3 Å². The molecule has 2 aromatic heterocycles. The van der Waals surface area contributed by atoms with E-state index in [0.717, 1.165) is 5.70 Å². The molecule has 10 heteroatoms. The molecule has 1 aliphatic heterocycles. The van der Waals surface area contributed by atoms with Gasteiger partial charge in [0.2, 0.25) is 5.95 Å². The molecule has 3 aromatic rings. The molecule has 0 radical (unpaired) electrons. The summed E-state index contributed by atoms with van der Waals surface area (Å²) >= 11 is 12.2. The normalized spacial score (nSPS) is 12.8. The summed E-state index contributed by atoms with van der Waals surface area (Å²) in [5.41, 5.74) is 1.60. The summed E-state index contributed by atoms with van der Waals surface area (Å²) in [4.78, 5) is 31.7. The lowest BCUT2D eigenvalue weighted by Gasteiger charge is -2.18. The van der Waals surface area contributed by atoms with Crippen LogP contribution in [-0.2, 0) is 0 Å². The second kappa shape index (κ2) is 9.59. The zero-order valence-corrected chi connectivity index (χ0v) is 18.3. The largest absolute Gasteiger partial charge is 0.325 e. The van der Waals surface area contributed by atoms with Crippen LogP contribution in [0, 0.1) is 0 Å². The fourth-order valence-electron chi connectivity index (χ4n) is 2.88. The van der Waals surface area contributed by atoms with Gasteiger partial charge in [-0.2, -0.15) is 4.98 Å². The number of halogens is 2. The van der Waals surface area contributed by atoms with Gasteiger partial charge in [0, 0.05) is 48.5 Å². The molecule has 160 valence electrons. The zero-order valence-electron chi connectivity index (χ0n) is 16.8. The number of rotatable bonds is 5. The van der Waals surface area contributed by atoms with E-state index in [-0.39, 0.29) is 15.6 Å². The predicted octanol–water partition coefficient (Wildman–Crippen LogP) is 5.44. The maximum absolute atomic E-state index is 12.6. The second-order valence-corrected chi connectivity index (χ2v) is 7.44. The van der Waals surface area contributed by atoms with E-state index in [1.807, 2.05) is 18.0 Å². The first kappa shape index (κ1) is 21.5. The summed E-state index contributed by atoms with van der Waals surface area (Å²) in [6.07, 6.45) is 10.2. The van der Waals surface area contributed by atoms with Crippen molar-refractivity contribution in [2.45, 2.75) is 6.92 Å². The van der Waals surface area contributed by atoms with Crippen LogP contribution < -0.4 is 15.5 Å². The second-order valence-electron chi connectivity index (χ2n) is 6.63. The Morgan fingerprint density at radius 3 is 2.62 bits per heavy atom. The fourth-order valence-corrected chi connectivity index (χ4v) is 3.45. The van der Waals surface area contributed by atoms with Gasteiger partial charge in [0.1, 0.15) is 11.6 Å². The monoisotopic (exact) mass is 465 g/mol. The number of pyridine rings is 1. The molecule has 32 heavy (non-hydrogen) atoms. The lowest BCUT2D eigenvalue weighted by Crippen LogP contribution is -2.16. The van der Waals surface area contributed by atoms with Crippen LogP contribution in [0.25, 0.3) is 0 Å². The topological polar surface area (TPSA) is 95.4 Å². The first-order valence-electron chi connectivity index (χ1n) is 9.49. The zero-order chi connectivity index (χ0) is 22.5. The van der Waals surface area contributed by atoms with Crippen molar-refractivity contribution in [3.63, 3.8) is 0 Å². The molecule has 3 heterocycles. The van der Waals surface area contributed by atoms with E-state index in [4.69, 9.17) is 23.2 Å². The van der Waals surface area contributed by atoms with E-state index < -0.39 is 5.91 Å². The first-order chi connectivity index (χ1) is 15.5. The minimum absolute atomic E-state index is 0.209. The van der Waals surface area contributed by atoms with Crippen molar-refractivity contribution < 1.29 is 4.79 Å². The molecule has 0 spiro atoms. The van der Waals surface area contributed by atoms with Crippen LogP contribution in [0.2, 0.25) is 10.0 Å². The lowest BCUT2D eigenvalue weighted by molar-refractivity contribution is 0.102. The number of hydrogen-bond donors (Lipinski definition) is 2. The molecule has 0 saturated heterocycles. The molecule has 0 fully saturated rings. The average molecular weight is 466 g/mol. The van der Waals surface area contributed by atoms with Gasteiger partial charge in [0.05, 0.1) is 15.6 Å². The Morgan fingerprint density at radius 1 is 1.03 bits per heavy atom. The van der Waals surface area contributed by atoms with Gasteiger partial charge in [-0.15, -0.1) is 0 Å². The standard InChI is InChI=1S/C22H17Cl2N7O/c1-14-13-25-8-3-11-31(14)22-27-10-7-18(30-22)29-19-12-15(6-9-26-19)28-21(32)20-16(23)4-2-5-17(20)24/h2-13H,1H3,(H2,26,27,28,29,30,32). The van der Waals surface area contributed by atoms with Crippen molar-refractivity contribution in [3.05, 3.63) is 88.6 Å². The highest BCUT2D eigenvalue weighted by molar-refractivity contribution is 6.40. The SMILES string of the molecule is CC1=CN=CC=CN1c1nccc(Nc2cc(NC(=O)c3c(Cl)cccc3Cl)ccn2)n1. The van der Waals surface area contributed by atoms with Gasteiger partial charge in [-0.25, -0.2) is 9.97 Å². The maximum atomic E-state index is 12.6. The number of amides is 1. The summed E-state index contributed by atoms with van der Waals surface area (Å²) in [6, 6.07) is 9.95. The number of carbonyl (C=O) groups is 1. The average Bonchev–Trinajstić information content (AvgIpc) is 2.98. The molecule has 1 aliphatic rings. The molecule has 4 rings (SSSR count). The Labute approximate surface area is 194 Å². The van der Waals surface area contributed by atoms with E-state index in [0.29, 0.717) is 23.3 Å². The minimum atomic E-state index is -0.417. The van der Waals surface area contributed by atoms with Gasteiger partial charge in [-0.3, -0.25) is 14.7 Å². The van der Waals surface area contributed by atoms with Crippen molar-refractivity contribution in [1.29, 1.82) is 0 Å². The number of nitrogens with zero attached hydrogens (tertiary/aromatic N) is 5. The number of aromatic nitrogens is 3. The summed E-state index contributed by atoms with van der Waals surface area (Å²) in [6.45, 7) is 1.91. The molecule has 1 amide bonds. The van der Waals surface area contributed by atoms with E-state index in [1.165, 1.54) is 0 Å². The molecule has 0 bridgehead atoms. The van der Waals surface area contributed by atoms with Gasteiger partial charge >= 0.3 is 0 Å². The Hall–Kier alpha value is -3.75. The van der Waals surface area contributed by atoms with Gasteiger partial charge in [-0.1, -0.05) is 29.3 Å². The van der Waals surface area contributed by atoms with Gasteiger partial charge in [0.25, 0.3) is 5.91 Å². The number of hydrogen-bond acceptors (Lipinski definition) is 7. The fraction of sp³-hybridized carbons (Fsp3) is 0.0455. The highest BCUT2D eigenvalue weighted by Gasteiger charge is 2.15. The highest BCUT2D eigenvalue weighted by atomic mass is 35.5. The molecule has 2 N–H and O–H groups in total. The number of nitrogens with one attached hydrogen (secondary N) is 2. The predicted molar refractivity (Wildman–Crippen MR) is 128 cm³/mol. The minimum Gasteiger partial charge on any atom is -0.325 e. The third-order valence-corrected chi connectivity index (χ3v) is 5.00. The molecule has 8 nitrogen and oxygen atoms in total. The maximum Gasteiger partial charge on any atom is 0.258 e. The van der Waals surface area contributed by atoms with Crippen LogP contribution in [0.3, 0.4) is 0 Å². The number of benzene rings is 1. The summed E-state index contributed by atoms with van der Waals surface area (Å²) in [7, 11) is 0. The molecular formula is C22H17Cl2N7O. The van der Waals surface area contributed by atoms with Crippen LogP contribution >= 0.6 is 23.2 Å². The van der Waals surface area contributed by atoms with Crippen LogP contribution in [0.15, 0.2) is 78.0 Å². The summed E-state index contributed by atoms with van der Waals surface area (Å²) in [5, 5.41) is 6.45. The van der Waals surface area contributed by atoms with E-state index >= 15 is 0 Å². The molecule has 0 unspecified atom stereocenters. The van der Waals surface area contributed by atoms with Crippen LogP contribution in [-0.4, -0.2) is 27.1 Å². The van der Waals surface area contributed by atoms with Crippen molar-refractivity contribution in [1.82, 2.24) is 15.0 Å². The lowest BCUT2D eigenvalue weighted by atomic mass is 10.2. The Balaban J connectivity index is 1.52. The van der Waals surface area contributed by atoms with Crippen molar-refractivity contribution in [3.8, 4) is 0 Å². The third kappa shape index (κ3) is 4.93. The van der Waals surface area contributed by atoms with E-state index in [9.17, 15) is 4.79 Å². The Kier molecular flexibility index (Phi) is 6.44. The summed E-state index contributed by atoms with van der Waals surface area (Å²) in [5.74, 6) is 1.08. The first-order valence-corrected chi connectivity index (χ1v) is 10.2. The number of anilines is 4. The van der Waals surface area contributed by atoms with E-state index in [1.54, 1.807) is 67.3 Å². The van der Waals surface area contributed by atoms with Crippen molar-refractivity contribution >= 4 is 58.6 Å². The molecule has 0 saturated carbocycles. The van der Waals surface area contributed by atoms with Crippen LogP contribution in [0.4, 0.5) is 23.3 Å². The van der Waals surface area contributed by atoms with E-state index in [2.05, 4.69) is 30.6 Å². The smallest absolute Gasteiger partial charge is 0.258 e. The number of carbonyl (C=O) groups excluding carboxylic acids is 1. The quantitative estimate of drug-likeness (QED) is 0.520. The number of aliphatic imine (C=N–C) groups is 1. The van der Waals surface area contributed by atoms with Crippen molar-refractivity contribution in [2.75, 3.05) is 15.5 Å². The molecule has 0 aliphatic carbocycles. The highest BCUT2D eigenvalue weighted by Crippen LogP contribution is 2.26. The Morgan fingerprint density at radius 2 is 1.81 bits per heavy atom. The summed E-state index contributed by atoms with van der Waals surface area (Å²) < 4.78 is 0. The van der Waals surface area contributed by atoms with Crippen LogP contribution in [0.1, 0.15) is 17.3 Å². The van der Waals surface area contributed by atoms with Crippen LogP contribution in [0.5, 0.6) is 0 Å². The molecular weight excluding hydrogens is 449 g/mol. The Bertz CT molecular complexity index is 1240. The molecule has 0 atom stereocenters. The van der Waals surface area contributed by atoms with Crippen molar-refractivity contribution in [2.24, 2.45) is 4.99 Å². The molecule has 1 aromatic carbocycles. The number of allylic oxidation sites excluding steroid dienone is 2. The van der Waals surface area contributed by atoms with Gasteiger partial charge < -0.3 is 10.6 Å². The third-order valence-electron chi connectivity index (χ3n) is 4.37. The van der Waals surface area contributed by atoms with Gasteiger partial charge in [0.15, 0.2) is 0 Å².